The molecule has 100 valence electrons. The van der Waals surface area contributed by atoms with Gasteiger partial charge in [0.1, 0.15) is 5.75 Å². The topological polar surface area (TPSA) is 9.23 Å². The Balaban J connectivity index is 2.08. The molecule has 1 nitrogen and oxygen atoms in total. The average Bonchev–Trinajstić information content (AvgIpc) is 2.42. The Morgan fingerprint density at radius 1 is 1.05 bits per heavy atom. The second kappa shape index (κ2) is 6.63. The van der Waals surface area contributed by atoms with Crippen LogP contribution < -0.4 is 4.74 Å². The minimum Gasteiger partial charge on any atom is -0.494 e. The molecule has 0 spiro atoms. The van der Waals surface area contributed by atoms with Crippen LogP contribution in [0.4, 0.5) is 0 Å². The highest BCUT2D eigenvalue weighted by Crippen LogP contribution is 2.22. The van der Waals surface area contributed by atoms with Crippen LogP contribution in [0.25, 0.3) is 0 Å². The SMILES string of the molecule is CCCOc1ccc(Cc2cc(C)ccc2Cl)cc1. The fraction of sp³-hybridized carbons (Fsp3) is 0.294. The maximum atomic E-state index is 6.22. The first-order valence-electron chi connectivity index (χ1n) is 6.66. The van der Waals surface area contributed by atoms with E-state index in [-0.39, 0.29) is 0 Å². The van der Waals surface area contributed by atoms with Gasteiger partial charge in [-0.15, -0.1) is 0 Å². The summed E-state index contributed by atoms with van der Waals surface area (Å²) < 4.78 is 5.58. The molecule has 0 aromatic heterocycles. The van der Waals surface area contributed by atoms with Gasteiger partial charge in [-0.2, -0.15) is 0 Å². The molecule has 2 rings (SSSR count). The highest BCUT2D eigenvalue weighted by atomic mass is 35.5. The van der Waals surface area contributed by atoms with Gasteiger partial charge in [-0.25, -0.2) is 0 Å². The Labute approximate surface area is 120 Å². The van der Waals surface area contributed by atoms with E-state index in [4.69, 9.17) is 16.3 Å². The second-order valence-corrected chi connectivity index (χ2v) is 5.17. The Kier molecular flexibility index (Phi) is 4.86. The number of halogens is 1. The van der Waals surface area contributed by atoms with E-state index in [0.717, 1.165) is 30.2 Å². The van der Waals surface area contributed by atoms with Crippen LogP contribution in [-0.2, 0) is 6.42 Å². The summed E-state index contributed by atoms with van der Waals surface area (Å²) >= 11 is 6.22. The second-order valence-electron chi connectivity index (χ2n) is 4.76. The first-order valence-corrected chi connectivity index (χ1v) is 7.03. The molecule has 0 aliphatic heterocycles. The summed E-state index contributed by atoms with van der Waals surface area (Å²) in [5.74, 6) is 0.931. The fourth-order valence-electron chi connectivity index (χ4n) is 1.98. The van der Waals surface area contributed by atoms with E-state index < -0.39 is 0 Å². The van der Waals surface area contributed by atoms with Gasteiger partial charge in [0, 0.05) is 5.02 Å². The molecule has 2 aromatic rings. The van der Waals surface area contributed by atoms with Gasteiger partial charge in [0.2, 0.25) is 0 Å². The van der Waals surface area contributed by atoms with E-state index in [9.17, 15) is 0 Å². The fourth-order valence-corrected chi connectivity index (χ4v) is 2.17. The predicted molar refractivity (Wildman–Crippen MR) is 81.2 cm³/mol. The standard InChI is InChI=1S/C17H19ClO/c1-3-10-19-16-7-5-14(6-8-16)12-15-11-13(2)4-9-17(15)18/h4-9,11H,3,10,12H2,1-2H3. The molecule has 2 aromatic carbocycles. The Morgan fingerprint density at radius 2 is 1.79 bits per heavy atom. The molecule has 0 aliphatic rings. The molecule has 2 heteroatoms. The molecule has 0 saturated heterocycles. The molecule has 0 fully saturated rings. The normalized spacial score (nSPS) is 10.5. The van der Waals surface area contributed by atoms with Crippen LogP contribution >= 0.6 is 11.6 Å². The molecule has 0 bridgehead atoms. The minimum absolute atomic E-state index is 0.767. The number of rotatable bonds is 5. The third-order valence-electron chi connectivity index (χ3n) is 2.99. The van der Waals surface area contributed by atoms with Crippen molar-refractivity contribution in [3.8, 4) is 5.75 Å². The third-order valence-corrected chi connectivity index (χ3v) is 3.36. The summed E-state index contributed by atoms with van der Waals surface area (Å²) in [7, 11) is 0. The maximum Gasteiger partial charge on any atom is 0.119 e. The van der Waals surface area contributed by atoms with Crippen LogP contribution in [0.2, 0.25) is 5.02 Å². The molecular formula is C17H19ClO. The van der Waals surface area contributed by atoms with E-state index in [1.165, 1.54) is 16.7 Å². The van der Waals surface area contributed by atoms with Crippen LogP contribution in [0.1, 0.15) is 30.0 Å². The van der Waals surface area contributed by atoms with Crippen molar-refractivity contribution < 1.29 is 4.74 Å². The summed E-state index contributed by atoms with van der Waals surface area (Å²) in [6, 6.07) is 14.4. The zero-order chi connectivity index (χ0) is 13.7. The van der Waals surface area contributed by atoms with E-state index in [2.05, 4.69) is 32.0 Å². The van der Waals surface area contributed by atoms with Crippen molar-refractivity contribution in [1.82, 2.24) is 0 Å². The molecule has 0 unspecified atom stereocenters. The van der Waals surface area contributed by atoms with E-state index in [1.807, 2.05) is 24.3 Å². The molecule has 0 heterocycles. The summed E-state index contributed by atoms with van der Waals surface area (Å²) in [5.41, 5.74) is 3.66. The van der Waals surface area contributed by atoms with Crippen LogP contribution in [0.15, 0.2) is 42.5 Å². The molecule has 0 radical (unpaired) electrons. The van der Waals surface area contributed by atoms with Crippen molar-refractivity contribution in [3.63, 3.8) is 0 Å². The number of aryl methyl sites for hydroxylation is 1. The Bertz CT molecular complexity index is 531. The molecule has 0 amide bonds. The quantitative estimate of drug-likeness (QED) is 0.743. The molecule has 0 atom stereocenters. The van der Waals surface area contributed by atoms with Crippen molar-refractivity contribution in [2.75, 3.05) is 6.61 Å². The zero-order valence-corrected chi connectivity index (χ0v) is 12.2. The van der Waals surface area contributed by atoms with Crippen molar-refractivity contribution in [1.29, 1.82) is 0 Å². The van der Waals surface area contributed by atoms with Crippen molar-refractivity contribution >= 4 is 11.6 Å². The van der Waals surface area contributed by atoms with Crippen LogP contribution in [0, 0.1) is 6.92 Å². The van der Waals surface area contributed by atoms with E-state index in [1.54, 1.807) is 0 Å². The average molecular weight is 275 g/mol. The van der Waals surface area contributed by atoms with Gasteiger partial charge in [0.25, 0.3) is 0 Å². The molecule has 0 N–H and O–H groups in total. The molecule has 0 saturated carbocycles. The van der Waals surface area contributed by atoms with Crippen LogP contribution in [0.5, 0.6) is 5.75 Å². The molecule has 0 aliphatic carbocycles. The first-order chi connectivity index (χ1) is 9.19. The highest BCUT2D eigenvalue weighted by molar-refractivity contribution is 6.31. The number of hydrogen-bond acceptors (Lipinski definition) is 1. The summed E-state index contributed by atoms with van der Waals surface area (Å²) in [6.07, 6.45) is 1.88. The van der Waals surface area contributed by atoms with Crippen molar-refractivity contribution in [2.24, 2.45) is 0 Å². The Hall–Kier alpha value is -1.47. The lowest BCUT2D eigenvalue weighted by atomic mass is 10.0. The lowest BCUT2D eigenvalue weighted by Crippen LogP contribution is -1.95. The first kappa shape index (κ1) is 14.0. The third kappa shape index (κ3) is 4.00. The maximum absolute atomic E-state index is 6.22. The summed E-state index contributed by atoms with van der Waals surface area (Å²) in [6.45, 7) is 4.96. The summed E-state index contributed by atoms with van der Waals surface area (Å²) in [4.78, 5) is 0. The predicted octanol–water partition coefficient (Wildman–Crippen LogP) is 5.03. The lowest BCUT2D eigenvalue weighted by molar-refractivity contribution is 0.317. The smallest absolute Gasteiger partial charge is 0.119 e. The van der Waals surface area contributed by atoms with Gasteiger partial charge in [-0.1, -0.05) is 48.4 Å². The monoisotopic (exact) mass is 274 g/mol. The van der Waals surface area contributed by atoms with Gasteiger partial charge in [0.05, 0.1) is 6.61 Å². The number of hydrogen-bond donors (Lipinski definition) is 0. The van der Waals surface area contributed by atoms with E-state index in [0.29, 0.717) is 0 Å². The number of ether oxygens (including phenoxy) is 1. The molecular weight excluding hydrogens is 256 g/mol. The zero-order valence-electron chi connectivity index (χ0n) is 11.4. The van der Waals surface area contributed by atoms with Crippen LogP contribution in [0.3, 0.4) is 0 Å². The largest absolute Gasteiger partial charge is 0.494 e. The van der Waals surface area contributed by atoms with Crippen LogP contribution in [-0.4, -0.2) is 6.61 Å². The van der Waals surface area contributed by atoms with Gasteiger partial charge >= 0.3 is 0 Å². The van der Waals surface area contributed by atoms with Gasteiger partial charge < -0.3 is 4.74 Å². The Morgan fingerprint density at radius 3 is 2.47 bits per heavy atom. The summed E-state index contributed by atoms with van der Waals surface area (Å²) in [5, 5.41) is 0.830. The van der Waals surface area contributed by atoms with Crippen molar-refractivity contribution in [3.05, 3.63) is 64.2 Å². The van der Waals surface area contributed by atoms with E-state index >= 15 is 0 Å². The number of benzene rings is 2. The minimum atomic E-state index is 0.767. The lowest BCUT2D eigenvalue weighted by Gasteiger charge is -2.08. The van der Waals surface area contributed by atoms with Gasteiger partial charge in [-0.05, 0) is 49.1 Å². The van der Waals surface area contributed by atoms with Gasteiger partial charge in [0.15, 0.2) is 0 Å². The van der Waals surface area contributed by atoms with Gasteiger partial charge in [-0.3, -0.25) is 0 Å². The van der Waals surface area contributed by atoms with Crippen molar-refractivity contribution in [2.45, 2.75) is 26.7 Å². The molecule has 19 heavy (non-hydrogen) atoms. The highest BCUT2D eigenvalue weighted by Gasteiger charge is 2.03.